The second kappa shape index (κ2) is 10.6. The van der Waals surface area contributed by atoms with Crippen LogP contribution in [0.2, 0.25) is 0 Å². The van der Waals surface area contributed by atoms with Gasteiger partial charge in [-0.1, -0.05) is 13.2 Å². The molecule has 0 heterocycles. The van der Waals surface area contributed by atoms with Gasteiger partial charge in [-0.2, -0.15) is 0 Å². The minimum absolute atomic E-state index is 0.0633. The van der Waals surface area contributed by atoms with Crippen LogP contribution in [0.3, 0.4) is 0 Å². The maximum absolute atomic E-state index is 11.1. The van der Waals surface area contributed by atoms with Crippen molar-refractivity contribution in [2.24, 2.45) is 0 Å². The van der Waals surface area contributed by atoms with Crippen molar-refractivity contribution < 1.29 is 23.2 Å². The van der Waals surface area contributed by atoms with E-state index in [1.165, 1.54) is 0 Å². The van der Waals surface area contributed by atoms with Crippen molar-refractivity contribution in [3.63, 3.8) is 0 Å². The summed E-state index contributed by atoms with van der Waals surface area (Å²) in [5.74, 6) is -0.663. The summed E-state index contributed by atoms with van der Waals surface area (Å²) in [4.78, 5) is 21.4. The predicted molar refractivity (Wildman–Crippen MR) is 65.9 cm³/mol. The van der Waals surface area contributed by atoms with Gasteiger partial charge >= 0.3 is 8.25 Å². The molecular weight excluding hydrogens is 259 g/mol. The molecule has 2 amide bonds. The van der Waals surface area contributed by atoms with Crippen LogP contribution in [0, 0.1) is 0 Å². The Balaban J connectivity index is 3.43. The molecule has 0 atom stereocenters. The Morgan fingerprint density at radius 3 is 1.72 bits per heavy atom. The molecule has 0 saturated heterocycles. The van der Waals surface area contributed by atoms with E-state index in [-0.39, 0.29) is 38.1 Å². The van der Waals surface area contributed by atoms with Gasteiger partial charge in [0.25, 0.3) is 0 Å². The summed E-state index contributed by atoms with van der Waals surface area (Å²) in [6, 6.07) is 0. The highest BCUT2D eigenvalue weighted by atomic mass is 31.1. The average Bonchev–Trinajstić information content (AvgIpc) is 2.38. The maximum Gasteiger partial charge on any atom is 0.697 e. The first-order valence-electron chi connectivity index (χ1n) is 5.13. The monoisotopic (exact) mass is 275 g/mol. The summed E-state index contributed by atoms with van der Waals surface area (Å²) < 4.78 is 20.7. The van der Waals surface area contributed by atoms with Crippen molar-refractivity contribution in [1.82, 2.24) is 10.6 Å². The van der Waals surface area contributed by atoms with Crippen LogP contribution in [0.5, 0.6) is 0 Å². The number of nitrogens with one attached hydrogen (secondary N) is 2. The second-order valence-corrected chi connectivity index (χ2v) is 3.84. The molecule has 0 aromatic rings. The van der Waals surface area contributed by atoms with Crippen molar-refractivity contribution in [2.45, 2.75) is 0 Å². The van der Waals surface area contributed by atoms with Gasteiger partial charge in [-0.3, -0.25) is 9.59 Å². The molecule has 0 fully saturated rings. The molecule has 7 nitrogen and oxygen atoms in total. The number of hydrogen-bond acceptors (Lipinski definition) is 5. The summed E-state index contributed by atoms with van der Waals surface area (Å²) in [6.45, 7) is 7.09. The van der Waals surface area contributed by atoms with Gasteiger partial charge in [-0.05, 0) is 12.2 Å². The lowest BCUT2D eigenvalue weighted by atomic mass is 10.5. The summed E-state index contributed by atoms with van der Waals surface area (Å²) in [5, 5.41) is 4.89. The SMILES string of the molecule is C=CC(=O)NCCO[P+](=O)OCCNC(=O)C=C. The fourth-order valence-electron chi connectivity index (χ4n) is 0.770. The first kappa shape index (κ1) is 16.4. The van der Waals surface area contributed by atoms with E-state index < -0.39 is 8.25 Å². The van der Waals surface area contributed by atoms with Gasteiger partial charge in [0.1, 0.15) is 13.2 Å². The normalized spacial score (nSPS) is 9.33. The van der Waals surface area contributed by atoms with Gasteiger partial charge in [-0.25, -0.2) is 0 Å². The molecule has 0 aliphatic carbocycles. The van der Waals surface area contributed by atoms with Crippen LogP contribution in [-0.2, 0) is 23.2 Å². The molecule has 18 heavy (non-hydrogen) atoms. The van der Waals surface area contributed by atoms with Crippen molar-refractivity contribution in [3.05, 3.63) is 25.3 Å². The number of rotatable bonds is 10. The number of carbonyl (C=O) groups is 2. The minimum Gasteiger partial charge on any atom is -0.350 e. The zero-order valence-electron chi connectivity index (χ0n) is 9.89. The highest BCUT2D eigenvalue weighted by molar-refractivity contribution is 7.33. The van der Waals surface area contributed by atoms with E-state index in [0.717, 1.165) is 12.2 Å². The molecule has 2 N–H and O–H groups in total. The number of amides is 2. The molecule has 0 rings (SSSR count). The molecule has 0 aromatic heterocycles. The first-order valence-corrected chi connectivity index (χ1v) is 6.23. The van der Waals surface area contributed by atoms with Crippen LogP contribution in [0.15, 0.2) is 25.3 Å². The smallest absolute Gasteiger partial charge is 0.350 e. The van der Waals surface area contributed by atoms with E-state index in [0.29, 0.717) is 0 Å². The summed E-state index contributed by atoms with van der Waals surface area (Å²) in [6.07, 6.45) is 2.25. The zero-order chi connectivity index (χ0) is 13.8. The fraction of sp³-hybridized carbons (Fsp3) is 0.400. The van der Waals surface area contributed by atoms with Crippen LogP contribution in [0.25, 0.3) is 0 Å². The average molecular weight is 275 g/mol. The molecule has 0 spiro atoms. The van der Waals surface area contributed by atoms with Gasteiger partial charge in [0.2, 0.25) is 11.8 Å². The molecule has 0 radical (unpaired) electrons. The molecule has 0 aliphatic rings. The van der Waals surface area contributed by atoms with E-state index >= 15 is 0 Å². The Morgan fingerprint density at radius 2 is 1.39 bits per heavy atom. The summed E-state index contributed by atoms with van der Waals surface area (Å²) >= 11 is 0. The number of hydrogen-bond donors (Lipinski definition) is 2. The van der Waals surface area contributed by atoms with Crippen LogP contribution in [0.4, 0.5) is 0 Å². The van der Waals surface area contributed by atoms with Gasteiger partial charge in [0.15, 0.2) is 0 Å². The van der Waals surface area contributed by atoms with Crippen molar-refractivity contribution in [2.75, 3.05) is 26.3 Å². The van der Waals surface area contributed by atoms with Crippen molar-refractivity contribution in [3.8, 4) is 0 Å². The van der Waals surface area contributed by atoms with Gasteiger partial charge in [0, 0.05) is 17.7 Å². The third-order valence-corrected chi connectivity index (χ3v) is 2.35. The highest BCUT2D eigenvalue weighted by Crippen LogP contribution is 2.22. The van der Waals surface area contributed by atoms with E-state index in [2.05, 4.69) is 23.8 Å². The van der Waals surface area contributed by atoms with Gasteiger partial charge in [-0.15, -0.1) is 9.05 Å². The Bertz CT molecular complexity index is 302. The standard InChI is InChI=1S/C10H15N2O5P/c1-3-9(13)11-5-7-16-18(15)17-8-6-12-10(14)4-2/h3-4H,1-2,5-8H2,(H-,11,12,13,14)/p+1. The van der Waals surface area contributed by atoms with Crippen LogP contribution in [0.1, 0.15) is 0 Å². The molecule has 0 aliphatic heterocycles. The molecule has 0 bridgehead atoms. The Labute approximate surface area is 106 Å². The van der Waals surface area contributed by atoms with Crippen LogP contribution < -0.4 is 10.6 Å². The minimum atomic E-state index is -2.26. The molecule has 0 saturated carbocycles. The zero-order valence-corrected chi connectivity index (χ0v) is 10.8. The number of carbonyl (C=O) groups excluding carboxylic acids is 2. The summed E-state index contributed by atoms with van der Waals surface area (Å²) in [5.41, 5.74) is 0. The lowest BCUT2D eigenvalue weighted by Gasteiger charge is -1.97. The molecule has 8 heteroatoms. The fourth-order valence-corrected chi connectivity index (χ4v) is 1.33. The lowest BCUT2D eigenvalue weighted by Crippen LogP contribution is -2.25. The van der Waals surface area contributed by atoms with E-state index in [4.69, 9.17) is 9.05 Å². The Kier molecular flexibility index (Phi) is 9.67. The first-order chi connectivity index (χ1) is 8.60. The second-order valence-electron chi connectivity index (χ2n) is 2.88. The molecule has 100 valence electrons. The van der Waals surface area contributed by atoms with Gasteiger partial charge in [0.05, 0.1) is 0 Å². The maximum atomic E-state index is 11.1. The van der Waals surface area contributed by atoms with E-state index in [1.54, 1.807) is 0 Å². The Morgan fingerprint density at radius 1 is 1.00 bits per heavy atom. The quantitative estimate of drug-likeness (QED) is 0.339. The molecular formula is C10H16N2O5P+. The molecule has 0 aromatic carbocycles. The van der Waals surface area contributed by atoms with Crippen molar-refractivity contribution >= 4 is 20.1 Å². The third kappa shape index (κ3) is 9.65. The molecule has 0 unspecified atom stereocenters. The van der Waals surface area contributed by atoms with Gasteiger partial charge < -0.3 is 10.6 Å². The van der Waals surface area contributed by atoms with Crippen molar-refractivity contribution in [1.29, 1.82) is 0 Å². The van der Waals surface area contributed by atoms with Crippen LogP contribution in [-0.4, -0.2) is 38.1 Å². The summed E-state index contributed by atoms with van der Waals surface area (Å²) in [7, 11) is -2.26. The topological polar surface area (TPSA) is 93.7 Å². The van der Waals surface area contributed by atoms with E-state index in [9.17, 15) is 14.2 Å². The van der Waals surface area contributed by atoms with Crippen LogP contribution >= 0.6 is 8.25 Å². The Hall–Kier alpha value is -1.56. The predicted octanol–water partition coefficient (Wildman–Crippen LogP) is 0.281. The lowest BCUT2D eigenvalue weighted by molar-refractivity contribution is -0.117. The third-order valence-electron chi connectivity index (χ3n) is 1.57. The highest BCUT2D eigenvalue weighted by Gasteiger charge is 2.19. The largest absolute Gasteiger partial charge is 0.697 e. The van der Waals surface area contributed by atoms with E-state index in [1.807, 2.05) is 0 Å².